The van der Waals surface area contributed by atoms with Crippen LogP contribution in [0.1, 0.15) is 80.6 Å². The minimum Gasteiger partial charge on any atom is -0.478 e. The van der Waals surface area contributed by atoms with Gasteiger partial charge in [0.25, 0.3) is 0 Å². The number of carbonyl (C=O) groups is 1. The fraction of sp³-hybridized carbons (Fsp3) is 0.821. The summed E-state index contributed by atoms with van der Waals surface area (Å²) >= 11 is 0. The van der Waals surface area contributed by atoms with Crippen LogP contribution in [0.2, 0.25) is 36.3 Å². The van der Waals surface area contributed by atoms with Crippen LogP contribution < -0.4 is 0 Å². The second-order valence-electron chi connectivity index (χ2n) is 13.5. The molecular formula is C28H54O5Si2. The number of hydrogen-bond donors (Lipinski definition) is 2. The van der Waals surface area contributed by atoms with Crippen LogP contribution in [0.25, 0.3) is 0 Å². The summed E-state index contributed by atoms with van der Waals surface area (Å²) in [6.45, 7) is 24.3. The van der Waals surface area contributed by atoms with E-state index in [1.54, 1.807) is 6.08 Å². The summed E-state index contributed by atoms with van der Waals surface area (Å²) in [7, 11) is -4.05. The lowest BCUT2D eigenvalue weighted by atomic mass is 9.89. The molecule has 0 spiro atoms. The molecule has 204 valence electrons. The van der Waals surface area contributed by atoms with Crippen LogP contribution in [0.15, 0.2) is 24.3 Å². The Labute approximate surface area is 217 Å². The van der Waals surface area contributed by atoms with E-state index in [0.29, 0.717) is 0 Å². The largest absolute Gasteiger partial charge is 0.478 e. The highest BCUT2D eigenvalue weighted by molar-refractivity contribution is 6.74. The Morgan fingerprint density at radius 3 is 2.09 bits per heavy atom. The first-order valence-corrected chi connectivity index (χ1v) is 19.2. The van der Waals surface area contributed by atoms with Gasteiger partial charge in [-0.3, -0.25) is 0 Å². The first kappa shape index (κ1) is 32.3. The van der Waals surface area contributed by atoms with Gasteiger partial charge in [-0.05, 0) is 93.2 Å². The summed E-state index contributed by atoms with van der Waals surface area (Å²) in [5, 5.41) is 19.1. The van der Waals surface area contributed by atoms with Crippen molar-refractivity contribution in [2.45, 2.75) is 135 Å². The van der Waals surface area contributed by atoms with E-state index < -0.39 is 22.6 Å². The fourth-order valence-corrected chi connectivity index (χ4v) is 6.77. The third kappa shape index (κ3) is 10.3. The Hall–Kier alpha value is -0.736. The predicted molar refractivity (Wildman–Crippen MR) is 152 cm³/mol. The van der Waals surface area contributed by atoms with Crippen molar-refractivity contribution in [2.75, 3.05) is 0 Å². The Bertz CT molecular complexity index is 729. The van der Waals surface area contributed by atoms with E-state index in [9.17, 15) is 15.0 Å². The van der Waals surface area contributed by atoms with E-state index in [0.717, 1.165) is 32.1 Å². The third-order valence-electron chi connectivity index (χ3n) is 8.35. The van der Waals surface area contributed by atoms with Gasteiger partial charge in [0.1, 0.15) is 0 Å². The van der Waals surface area contributed by atoms with Crippen molar-refractivity contribution in [1.29, 1.82) is 0 Å². The molecular weight excluding hydrogens is 472 g/mol. The molecule has 0 aromatic heterocycles. The summed E-state index contributed by atoms with van der Waals surface area (Å²) in [5.74, 6) is -0.502. The van der Waals surface area contributed by atoms with E-state index in [-0.39, 0.29) is 40.2 Å². The molecule has 5 nitrogen and oxygen atoms in total. The normalized spacial score (nSPS) is 24.4. The quantitative estimate of drug-likeness (QED) is 0.119. The zero-order valence-electron chi connectivity index (χ0n) is 24.4. The lowest BCUT2D eigenvalue weighted by molar-refractivity contribution is -0.131. The summed E-state index contributed by atoms with van der Waals surface area (Å²) < 4.78 is 13.7. The number of hydrogen-bond acceptors (Lipinski definition) is 4. The average Bonchev–Trinajstić information content (AvgIpc) is 3.04. The van der Waals surface area contributed by atoms with Gasteiger partial charge in [-0.25, -0.2) is 4.79 Å². The van der Waals surface area contributed by atoms with Crippen molar-refractivity contribution in [3.63, 3.8) is 0 Å². The number of aliphatic hydroxyl groups excluding tert-OH is 1. The first-order valence-electron chi connectivity index (χ1n) is 13.4. The van der Waals surface area contributed by atoms with E-state index in [2.05, 4.69) is 79.9 Å². The molecule has 35 heavy (non-hydrogen) atoms. The van der Waals surface area contributed by atoms with Crippen molar-refractivity contribution in [3.8, 4) is 0 Å². The average molecular weight is 527 g/mol. The fourth-order valence-electron chi connectivity index (χ4n) is 4.11. The van der Waals surface area contributed by atoms with E-state index in [1.807, 2.05) is 6.92 Å². The number of allylic oxidation sites excluding steroid dienone is 2. The molecule has 0 aromatic carbocycles. The minimum absolute atomic E-state index is 0.0320. The molecule has 1 aliphatic rings. The van der Waals surface area contributed by atoms with Crippen LogP contribution >= 0.6 is 0 Å². The second kappa shape index (κ2) is 12.7. The summed E-state index contributed by atoms with van der Waals surface area (Å²) in [6, 6.07) is 0. The minimum atomic E-state index is -2.12. The highest BCUT2D eigenvalue weighted by Gasteiger charge is 2.46. The molecule has 5 atom stereocenters. The van der Waals surface area contributed by atoms with Gasteiger partial charge in [-0.15, -0.1) is 0 Å². The monoisotopic (exact) mass is 526 g/mol. The molecule has 0 heterocycles. The van der Waals surface area contributed by atoms with Crippen LogP contribution in [-0.4, -0.2) is 51.1 Å². The van der Waals surface area contributed by atoms with Crippen molar-refractivity contribution in [1.82, 2.24) is 0 Å². The highest BCUT2D eigenvalue weighted by atomic mass is 28.4. The van der Waals surface area contributed by atoms with Crippen LogP contribution in [0.3, 0.4) is 0 Å². The smallest absolute Gasteiger partial charge is 0.328 e. The van der Waals surface area contributed by atoms with Crippen molar-refractivity contribution < 1.29 is 23.9 Å². The third-order valence-corrected chi connectivity index (χ3v) is 17.4. The SMILES string of the molecule is C[C@H](O)CCC/C=C/[C@@H]1CC(O[Si](C)(C)C(C)(C)C)C[C@H]1C(/C=C/C(=O)O)O[Si](C)(C)C(C)(C)C. The molecule has 1 aliphatic carbocycles. The zero-order chi connectivity index (χ0) is 27.2. The second-order valence-corrected chi connectivity index (χ2v) is 23.1. The standard InChI is InChI=1S/C28H54O5Si2/c1-21(29)15-13-12-14-16-22-19-23(32-34(8,9)27(2,3)4)20-24(22)25(17-18-26(30)31)33-35(10,11)28(5,6)7/h14,16-18,21-25,29H,12-13,15,19-20H2,1-11H3,(H,30,31)/b16-14+,18-17+/t21-,22+,23?,24+,25?/m0/s1. The van der Waals surface area contributed by atoms with Crippen LogP contribution in [0.5, 0.6) is 0 Å². The molecule has 0 saturated heterocycles. The maximum absolute atomic E-state index is 11.4. The lowest BCUT2D eigenvalue weighted by Crippen LogP contribution is -2.46. The Kier molecular flexibility index (Phi) is 11.7. The topological polar surface area (TPSA) is 76.0 Å². The molecule has 0 aliphatic heterocycles. The molecule has 1 fully saturated rings. The Morgan fingerprint density at radius 1 is 1.03 bits per heavy atom. The van der Waals surface area contributed by atoms with Crippen molar-refractivity contribution in [3.05, 3.63) is 24.3 Å². The number of carboxylic acids is 1. The van der Waals surface area contributed by atoms with Gasteiger partial charge in [0, 0.05) is 12.2 Å². The molecule has 0 aromatic rings. The van der Waals surface area contributed by atoms with Gasteiger partial charge < -0.3 is 19.1 Å². The van der Waals surface area contributed by atoms with Gasteiger partial charge >= 0.3 is 5.97 Å². The van der Waals surface area contributed by atoms with E-state index in [4.69, 9.17) is 8.85 Å². The van der Waals surface area contributed by atoms with Gasteiger partial charge in [0.15, 0.2) is 16.6 Å². The first-order chi connectivity index (χ1) is 15.8. The van der Waals surface area contributed by atoms with Crippen molar-refractivity contribution >= 4 is 22.6 Å². The summed E-state index contributed by atoms with van der Waals surface area (Å²) in [5.41, 5.74) is 0. The number of aliphatic hydroxyl groups is 1. The summed E-state index contributed by atoms with van der Waals surface area (Å²) in [4.78, 5) is 11.4. The lowest BCUT2D eigenvalue weighted by Gasteiger charge is -2.41. The maximum Gasteiger partial charge on any atom is 0.328 e. The molecule has 1 rings (SSSR count). The van der Waals surface area contributed by atoms with Gasteiger partial charge in [0.2, 0.25) is 0 Å². The molecule has 0 radical (unpaired) electrons. The molecule has 2 N–H and O–H groups in total. The Balaban J connectivity index is 3.24. The van der Waals surface area contributed by atoms with Crippen LogP contribution in [-0.2, 0) is 13.6 Å². The Morgan fingerprint density at radius 2 is 1.60 bits per heavy atom. The number of carboxylic acid groups (broad SMARTS) is 1. The van der Waals surface area contributed by atoms with Crippen LogP contribution in [0.4, 0.5) is 0 Å². The molecule has 1 saturated carbocycles. The molecule has 2 unspecified atom stereocenters. The van der Waals surface area contributed by atoms with Gasteiger partial charge in [-0.1, -0.05) is 53.7 Å². The van der Waals surface area contributed by atoms with E-state index >= 15 is 0 Å². The van der Waals surface area contributed by atoms with Gasteiger partial charge in [-0.2, -0.15) is 0 Å². The van der Waals surface area contributed by atoms with E-state index in [1.165, 1.54) is 6.08 Å². The zero-order valence-corrected chi connectivity index (χ0v) is 26.4. The predicted octanol–water partition coefficient (Wildman–Crippen LogP) is 7.54. The number of rotatable bonds is 12. The van der Waals surface area contributed by atoms with Crippen molar-refractivity contribution in [2.24, 2.45) is 11.8 Å². The molecule has 0 bridgehead atoms. The molecule has 0 amide bonds. The highest BCUT2D eigenvalue weighted by Crippen LogP contribution is 2.46. The number of unbranched alkanes of at least 4 members (excludes halogenated alkanes) is 1. The summed E-state index contributed by atoms with van der Waals surface area (Å²) in [6.07, 6.45) is 11.7. The maximum atomic E-state index is 11.4. The van der Waals surface area contributed by atoms with Crippen LogP contribution in [0, 0.1) is 11.8 Å². The number of aliphatic carboxylic acids is 1. The molecule has 7 heteroatoms. The van der Waals surface area contributed by atoms with Gasteiger partial charge in [0.05, 0.1) is 12.2 Å².